The van der Waals surface area contributed by atoms with Crippen LogP contribution in [0.15, 0.2) is 152 Å². The van der Waals surface area contributed by atoms with Crippen LogP contribution in [-0.2, 0) is 0 Å². The minimum Gasteiger partial charge on any atom is -0.309 e. The summed E-state index contributed by atoms with van der Waals surface area (Å²) in [4.78, 5) is 0. The summed E-state index contributed by atoms with van der Waals surface area (Å²) in [5.41, 5.74) is 8.71. The third kappa shape index (κ3) is 3.43. The number of thiophene rings is 1. The van der Waals surface area contributed by atoms with Crippen molar-refractivity contribution in [1.29, 1.82) is 0 Å². The summed E-state index contributed by atoms with van der Waals surface area (Å²) >= 11 is 1.93. The number of nitrogens with zero attached hydrogens (tertiary/aromatic N) is 1. The summed E-state index contributed by atoms with van der Waals surface area (Å²) in [5.74, 6) is 0. The van der Waals surface area contributed by atoms with Crippen LogP contribution in [0.1, 0.15) is 0 Å². The Bertz CT molecular complexity index is 2430. The minimum absolute atomic E-state index is 1.19. The number of aromatic nitrogens is 1. The zero-order valence-electron chi connectivity index (χ0n) is 22.8. The molecule has 42 heavy (non-hydrogen) atoms. The molecule has 0 aliphatic rings. The highest BCUT2D eigenvalue weighted by Gasteiger charge is 2.20. The molecule has 2 heterocycles. The minimum atomic E-state index is 1.19. The maximum Gasteiger partial charge on any atom is 0.0555 e. The van der Waals surface area contributed by atoms with Crippen molar-refractivity contribution in [3.05, 3.63) is 152 Å². The molecular formula is C40H25NS. The molecule has 0 atom stereocenters. The largest absolute Gasteiger partial charge is 0.309 e. The zero-order valence-corrected chi connectivity index (χ0v) is 23.6. The fraction of sp³-hybridized carbons (Fsp3) is 0. The molecule has 0 radical (unpaired) electrons. The second kappa shape index (κ2) is 9.17. The van der Waals surface area contributed by atoms with Gasteiger partial charge in [-0.1, -0.05) is 127 Å². The molecule has 0 saturated carbocycles. The maximum atomic E-state index is 2.43. The van der Waals surface area contributed by atoms with E-state index in [-0.39, 0.29) is 0 Å². The standard InChI is InChI=1S/C40H25NS/c1-3-10-26(11-4-1)27-18-20-29(21-19-27)32-16-9-17-33-34-23-25-36-38(40(34)42-39(32)33)37-31-15-8-7-12-28(31)22-24-35(37)41(36)30-13-5-2-6-14-30/h1-25H. The Balaban J connectivity index is 1.35. The topological polar surface area (TPSA) is 4.93 Å². The normalized spacial score (nSPS) is 11.8. The third-order valence-electron chi connectivity index (χ3n) is 8.60. The molecular weight excluding hydrogens is 527 g/mol. The quantitative estimate of drug-likeness (QED) is 0.206. The molecule has 0 spiro atoms. The van der Waals surface area contributed by atoms with Crippen molar-refractivity contribution in [2.75, 3.05) is 0 Å². The van der Waals surface area contributed by atoms with E-state index in [9.17, 15) is 0 Å². The molecule has 196 valence electrons. The van der Waals surface area contributed by atoms with E-state index in [1.165, 1.54) is 80.7 Å². The summed E-state index contributed by atoms with van der Waals surface area (Å²) in [6, 6.07) is 55.2. The van der Waals surface area contributed by atoms with Gasteiger partial charge in [-0.05, 0) is 57.3 Å². The molecule has 9 aromatic rings. The van der Waals surface area contributed by atoms with Crippen LogP contribution >= 0.6 is 11.3 Å². The van der Waals surface area contributed by atoms with Gasteiger partial charge in [-0.25, -0.2) is 0 Å². The first-order valence-corrected chi connectivity index (χ1v) is 15.2. The lowest BCUT2D eigenvalue weighted by Crippen LogP contribution is -1.92. The van der Waals surface area contributed by atoms with E-state index in [2.05, 4.69) is 156 Å². The molecule has 0 fully saturated rings. The molecule has 2 aromatic heterocycles. The van der Waals surface area contributed by atoms with Crippen LogP contribution < -0.4 is 0 Å². The number of benzene rings is 7. The van der Waals surface area contributed by atoms with E-state index < -0.39 is 0 Å². The van der Waals surface area contributed by atoms with Crippen molar-refractivity contribution < 1.29 is 0 Å². The molecule has 0 N–H and O–H groups in total. The molecule has 2 heteroatoms. The first-order chi connectivity index (χ1) is 20.8. The summed E-state index contributed by atoms with van der Waals surface area (Å²) in [6.45, 7) is 0. The number of fused-ring (bicyclic) bond motifs is 9. The van der Waals surface area contributed by atoms with Gasteiger partial charge in [0.05, 0.1) is 11.0 Å². The Hall–Kier alpha value is -5.18. The zero-order chi connectivity index (χ0) is 27.6. The molecule has 0 aliphatic heterocycles. The van der Waals surface area contributed by atoms with E-state index in [0.717, 1.165) is 0 Å². The van der Waals surface area contributed by atoms with Crippen LogP contribution in [0, 0.1) is 0 Å². The number of para-hydroxylation sites is 1. The van der Waals surface area contributed by atoms with Crippen molar-refractivity contribution in [2.24, 2.45) is 0 Å². The average molecular weight is 552 g/mol. The van der Waals surface area contributed by atoms with Gasteiger partial charge in [0.1, 0.15) is 0 Å². The number of hydrogen-bond donors (Lipinski definition) is 0. The molecule has 7 aromatic carbocycles. The molecule has 0 saturated heterocycles. The van der Waals surface area contributed by atoms with Gasteiger partial charge in [-0.15, -0.1) is 11.3 Å². The third-order valence-corrected chi connectivity index (χ3v) is 9.87. The van der Waals surface area contributed by atoms with E-state index in [4.69, 9.17) is 0 Å². The fourth-order valence-electron chi connectivity index (χ4n) is 6.67. The molecule has 0 aliphatic carbocycles. The second-order valence-corrected chi connectivity index (χ2v) is 11.9. The van der Waals surface area contributed by atoms with Crippen LogP contribution in [0.3, 0.4) is 0 Å². The average Bonchev–Trinajstić information content (AvgIpc) is 3.62. The van der Waals surface area contributed by atoms with Gasteiger partial charge in [0, 0.05) is 36.6 Å². The summed E-state index contributed by atoms with van der Waals surface area (Å²) in [6.07, 6.45) is 0. The van der Waals surface area contributed by atoms with Crippen molar-refractivity contribution in [1.82, 2.24) is 4.57 Å². The van der Waals surface area contributed by atoms with Crippen LogP contribution in [-0.4, -0.2) is 4.57 Å². The van der Waals surface area contributed by atoms with Crippen molar-refractivity contribution in [3.63, 3.8) is 0 Å². The highest BCUT2D eigenvalue weighted by atomic mass is 32.1. The Morgan fingerprint density at radius 2 is 1.00 bits per heavy atom. The van der Waals surface area contributed by atoms with Crippen LogP contribution in [0.5, 0.6) is 0 Å². The summed E-state index contributed by atoms with van der Waals surface area (Å²) in [7, 11) is 0. The van der Waals surface area contributed by atoms with E-state index in [1.54, 1.807) is 0 Å². The van der Waals surface area contributed by atoms with Crippen LogP contribution in [0.25, 0.3) is 80.7 Å². The second-order valence-electron chi connectivity index (χ2n) is 10.9. The smallest absolute Gasteiger partial charge is 0.0555 e. The van der Waals surface area contributed by atoms with Gasteiger partial charge in [-0.3, -0.25) is 0 Å². The van der Waals surface area contributed by atoms with Crippen LogP contribution in [0.4, 0.5) is 0 Å². The first-order valence-electron chi connectivity index (χ1n) is 14.4. The molecule has 9 rings (SSSR count). The fourth-order valence-corrected chi connectivity index (χ4v) is 8.06. The van der Waals surface area contributed by atoms with Crippen molar-refractivity contribution >= 4 is 64.1 Å². The predicted octanol–water partition coefficient (Wildman–Crippen LogP) is 11.6. The Labute approximate surface area is 247 Å². The highest BCUT2D eigenvalue weighted by molar-refractivity contribution is 7.27. The number of hydrogen-bond acceptors (Lipinski definition) is 1. The molecule has 0 amide bonds. The monoisotopic (exact) mass is 551 g/mol. The highest BCUT2D eigenvalue weighted by Crippen LogP contribution is 2.47. The predicted molar refractivity (Wildman–Crippen MR) is 182 cm³/mol. The Morgan fingerprint density at radius 3 is 1.83 bits per heavy atom. The lowest BCUT2D eigenvalue weighted by Gasteiger charge is -2.08. The van der Waals surface area contributed by atoms with Gasteiger partial charge < -0.3 is 4.57 Å². The van der Waals surface area contributed by atoms with Gasteiger partial charge in [0.2, 0.25) is 0 Å². The maximum absolute atomic E-state index is 2.43. The lowest BCUT2D eigenvalue weighted by atomic mass is 9.98. The van der Waals surface area contributed by atoms with Crippen LogP contribution in [0.2, 0.25) is 0 Å². The lowest BCUT2D eigenvalue weighted by molar-refractivity contribution is 1.18. The van der Waals surface area contributed by atoms with Crippen molar-refractivity contribution in [3.8, 4) is 27.9 Å². The van der Waals surface area contributed by atoms with Gasteiger partial charge in [0.25, 0.3) is 0 Å². The first kappa shape index (κ1) is 23.5. The Kier molecular flexibility index (Phi) is 5.13. The molecule has 0 unspecified atom stereocenters. The van der Waals surface area contributed by atoms with Crippen molar-refractivity contribution in [2.45, 2.75) is 0 Å². The van der Waals surface area contributed by atoms with E-state index in [0.29, 0.717) is 0 Å². The Morgan fingerprint density at radius 1 is 0.381 bits per heavy atom. The number of rotatable bonds is 3. The van der Waals surface area contributed by atoms with Gasteiger partial charge in [-0.2, -0.15) is 0 Å². The van der Waals surface area contributed by atoms with Gasteiger partial charge in [0.15, 0.2) is 0 Å². The molecule has 1 nitrogen and oxygen atoms in total. The van der Waals surface area contributed by atoms with Gasteiger partial charge >= 0.3 is 0 Å². The summed E-state index contributed by atoms with van der Waals surface area (Å²) in [5, 5.41) is 7.89. The molecule has 0 bridgehead atoms. The summed E-state index contributed by atoms with van der Waals surface area (Å²) < 4.78 is 5.13. The SMILES string of the molecule is c1ccc(-c2ccc(-c3cccc4c3sc3c4ccc4c3c3c5ccccc5ccc3n4-c3ccccc3)cc2)cc1. The van der Waals surface area contributed by atoms with E-state index >= 15 is 0 Å². The van der Waals surface area contributed by atoms with E-state index in [1.807, 2.05) is 11.3 Å².